The van der Waals surface area contributed by atoms with Gasteiger partial charge in [0.05, 0.1) is 96.3 Å². The van der Waals surface area contributed by atoms with Gasteiger partial charge in [-0.2, -0.15) is 0 Å². The number of hydrogen-bond acceptors (Lipinski definition) is 21. The van der Waals surface area contributed by atoms with Crippen molar-refractivity contribution in [2.45, 2.75) is 205 Å². The highest BCUT2D eigenvalue weighted by molar-refractivity contribution is 6.57. The number of rotatable bonds is 31. The number of carboxylic acids is 1. The third kappa shape index (κ3) is 33.6. The number of aliphatic hydroxyl groups is 2. The van der Waals surface area contributed by atoms with E-state index >= 15 is 0 Å². The van der Waals surface area contributed by atoms with E-state index in [1.165, 1.54) is 39.4 Å². The lowest BCUT2D eigenvalue weighted by molar-refractivity contribution is -0.150. The molecular formula is C69H120B5N5O19. The molecule has 0 spiro atoms. The van der Waals surface area contributed by atoms with E-state index in [0.29, 0.717) is 75.4 Å². The first-order valence-electron chi connectivity index (χ1n) is 31.9. The van der Waals surface area contributed by atoms with Crippen LogP contribution in [-0.4, -0.2) is 205 Å². The Labute approximate surface area is 590 Å². The van der Waals surface area contributed by atoms with E-state index in [-0.39, 0.29) is 65.1 Å². The number of aldehydes is 2. The number of carbonyl (C=O) groups excluding carboxylic acids is 4. The van der Waals surface area contributed by atoms with Crippen LogP contribution < -0.4 is 44.1 Å². The van der Waals surface area contributed by atoms with Crippen molar-refractivity contribution in [3.63, 3.8) is 0 Å². The smallest absolute Gasteiger partial charge is 0.374 e. The summed E-state index contributed by atoms with van der Waals surface area (Å²) in [4.78, 5) is 59.8. The lowest BCUT2D eigenvalue weighted by Crippen LogP contribution is -2.46. The van der Waals surface area contributed by atoms with Gasteiger partial charge in [-0.05, 0) is 113 Å². The Kier molecular flexibility index (Phi) is 52.6. The van der Waals surface area contributed by atoms with Gasteiger partial charge in [0, 0.05) is 12.1 Å². The zero-order valence-corrected chi connectivity index (χ0v) is 59.2. The van der Waals surface area contributed by atoms with E-state index in [4.69, 9.17) is 73.8 Å². The van der Waals surface area contributed by atoms with Crippen molar-refractivity contribution in [2.75, 3.05) is 49.3 Å². The van der Waals surface area contributed by atoms with Crippen molar-refractivity contribution >= 4 is 67.0 Å². The molecule has 4 radical (unpaired) electrons. The van der Waals surface area contributed by atoms with E-state index in [1.54, 1.807) is 94.2 Å². The predicted molar refractivity (Wildman–Crippen MR) is 395 cm³/mol. The number of benzene rings is 3. The SMILES string of the molecule is C.C.C.C=C[C@H](O)[C@H](CC(C)C)NB(C)O.CB(O)N[C@H](C=O)CC(C)C.CCC[C@@H](CO)NB(C)O.COc1cccc(OC)c1C=O.[B]C(=O)N1C(c2c(OC)cccc2OC)OC(C(=O)O)[C@@H]1CC(C)C.[B]C(=O)N1C(c2c(OC)cccc2OC)OC(C=C)[C@@H]1CC(C)C. The van der Waals surface area contributed by atoms with Crippen LogP contribution in [0, 0.1) is 23.7 Å². The molecule has 0 saturated carbocycles. The lowest BCUT2D eigenvalue weighted by Gasteiger charge is -2.30. The molecule has 5 rings (SSSR count). The molecular weight excluding hydrogens is 1260 g/mol. The molecule has 3 aromatic carbocycles. The standard InChI is InChI=1S/C18H24BNO4.C17H22BNO6.C9H20BNO2.C9H10O3.C7H16BNO2.C6H16BNO2.3CH4/c1-6-13-12(10-11(2)3)20(18(19)21)17(24-13)16-14(22-4)8-7-9-15(16)23-5;1-9(2)8-10-14(16(20)21)25-15(19(10)17(18)22)13-11(23-3)6-5-7-12(13)24-4;1-5-9(12)8(6-7(2)3)11-10(4)13;1-11-8-4-3-5-9(12-2)7(8)6-10;1-6(2)4-7(5-10)9-8(3)11;1-3-4-6(5-9)8-7(2)10;;;/h6-9,11-13,17H,1,10H2,2-5H3;5-7,9-10,14-15H,8H2,1-4H3,(H,20,21);5,7-9,11-13H,1,6H2,2-4H3;3-6H,1-2H3;5-7,9,11H,4H2,1-3H3;6,8-10H,3-5H2,1-2H3;3*1H4/t12-,13?,17?;10-,14?,15?;8-,9-;;7-;6-;;;/m000.00.../s1. The van der Waals surface area contributed by atoms with Crippen molar-refractivity contribution in [3.05, 3.63) is 96.6 Å². The predicted octanol–water partition coefficient (Wildman–Crippen LogP) is 9.70. The first-order valence-corrected chi connectivity index (χ1v) is 31.9. The normalized spacial score (nSPS) is 17.6. The quantitative estimate of drug-likeness (QED) is 0.0164. The highest BCUT2D eigenvalue weighted by Crippen LogP contribution is 2.46. The van der Waals surface area contributed by atoms with Crippen LogP contribution >= 0.6 is 0 Å². The van der Waals surface area contributed by atoms with Crippen molar-refractivity contribution in [1.29, 1.82) is 0 Å². The summed E-state index contributed by atoms with van der Waals surface area (Å²) in [5.74, 6) is 2.10. The average molecular weight is 1380 g/mol. The third-order valence-electron chi connectivity index (χ3n) is 14.4. The molecule has 29 heteroatoms. The van der Waals surface area contributed by atoms with Gasteiger partial charge in [-0.1, -0.05) is 121 Å². The monoisotopic (exact) mass is 1380 g/mol. The van der Waals surface area contributed by atoms with Gasteiger partial charge in [0.2, 0.25) is 15.7 Å². The number of methoxy groups -OCH3 is 6. The summed E-state index contributed by atoms with van der Waals surface area (Å²) in [5, 5.41) is 63.2. The minimum atomic E-state index is -1.19. The molecule has 0 aliphatic carbocycles. The molecule has 2 fully saturated rings. The minimum absolute atomic E-state index is 0. The average Bonchev–Trinajstić information content (AvgIpc) is 1.63. The maximum atomic E-state index is 12.2. The zero-order chi connectivity index (χ0) is 72.8. The zero-order valence-electron chi connectivity index (χ0n) is 59.2. The molecule has 0 aromatic heterocycles. The summed E-state index contributed by atoms with van der Waals surface area (Å²) >= 11 is 0. The molecule has 2 heterocycles. The fourth-order valence-electron chi connectivity index (χ4n) is 10.5. The van der Waals surface area contributed by atoms with Crippen molar-refractivity contribution in [3.8, 4) is 34.5 Å². The van der Waals surface area contributed by atoms with Gasteiger partial charge < -0.3 is 98.6 Å². The number of nitrogens with zero attached hydrogens (tertiary/aromatic N) is 2. The second kappa shape index (κ2) is 52.6. The first-order chi connectivity index (χ1) is 44.8. The molecule has 9 N–H and O–H groups in total. The Hall–Kier alpha value is -6.39. The number of nitrogens with one attached hydrogen (secondary N) is 3. The topological polar surface area (TPSA) is 323 Å². The van der Waals surface area contributed by atoms with E-state index in [1.807, 2.05) is 40.7 Å². The Morgan fingerprint density at radius 1 is 0.612 bits per heavy atom. The summed E-state index contributed by atoms with van der Waals surface area (Å²) < 4.78 is 43.4. The summed E-state index contributed by atoms with van der Waals surface area (Å²) in [6, 6.07) is 14.6. The summed E-state index contributed by atoms with van der Waals surface area (Å²) in [5.41, 5.74) is 1.53. The Balaban J connectivity index is -0.000000560. The number of aliphatic hydroxyl groups excluding tert-OH is 2. The number of ether oxygens (including phenoxy) is 8. The van der Waals surface area contributed by atoms with Crippen LogP contribution in [-0.2, 0) is 19.1 Å². The van der Waals surface area contributed by atoms with E-state index in [9.17, 15) is 34.2 Å². The van der Waals surface area contributed by atoms with Gasteiger partial charge in [-0.3, -0.25) is 14.4 Å². The van der Waals surface area contributed by atoms with Gasteiger partial charge >= 0.3 is 27.1 Å². The van der Waals surface area contributed by atoms with Crippen molar-refractivity contribution < 1.29 is 92.3 Å². The van der Waals surface area contributed by atoms with Crippen LogP contribution in [0.15, 0.2) is 79.9 Å². The molecule has 4 unspecified atom stereocenters. The Morgan fingerprint density at radius 3 is 1.29 bits per heavy atom. The number of hydrogen-bond donors (Lipinski definition) is 9. The molecule has 10 atom stereocenters. The number of aliphatic carboxylic acids is 1. The molecule has 0 bridgehead atoms. The van der Waals surface area contributed by atoms with E-state index in [0.717, 1.165) is 44.7 Å². The summed E-state index contributed by atoms with van der Waals surface area (Å²) in [6.07, 6.45) is 5.69. The van der Waals surface area contributed by atoms with Crippen molar-refractivity contribution in [2.24, 2.45) is 23.7 Å². The van der Waals surface area contributed by atoms with Crippen LogP contribution in [0.5, 0.6) is 34.5 Å². The molecule has 3 aromatic rings. The van der Waals surface area contributed by atoms with Crippen molar-refractivity contribution in [1.82, 2.24) is 25.5 Å². The lowest BCUT2D eigenvalue weighted by atomic mass is 9.84. The van der Waals surface area contributed by atoms with Crippen LogP contribution in [0.3, 0.4) is 0 Å². The Bertz CT molecular complexity index is 2630. The third-order valence-corrected chi connectivity index (χ3v) is 14.4. The van der Waals surface area contributed by atoms with Crippen LogP contribution in [0.2, 0.25) is 20.5 Å². The fourth-order valence-corrected chi connectivity index (χ4v) is 10.5. The molecule has 24 nitrogen and oxygen atoms in total. The second-order valence-corrected chi connectivity index (χ2v) is 24.2. The molecule has 2 amide bonds. The van der Waals surface area contributed by atoms with Gasteiger partial charge in [-0.15, -0.1) is 13.2 Å². The maximum Gasteiger partial charge on any atom is 0.374 e. The van der Waals surface area contributed by atoms with Gasteiger partial charge in [0.1, 0.15) is 40.8 Å². The number of carboxylic acid groups (broad SMARTS) is 1. The molecule has 98 heavy (non-hydrogen) atoms. The van der Waals surface area contributed by atoms with E-state index in [2.05, 4.69) is 56.5 Å². The maximum absolute atomic E-state index is 12.2. The molecule has 2 saturated heterocycles. The van der Waals surface area contributed by atoms with Gasteiger partial charge in [0.15, 0.2) is 36.5 Å². The Morgan fingerprint density at radius 2 is 0.990 bits per heavy atom. The van der Waals surface area contributed by atoms with Crippen LogP contribution in [0.4, 0.5) is 9.59 Å². The largest absolute Gasteiger partial charge is 0.496 e. The summed E-state index contributed by atoms with van der Waals surface area (Å²) in [6.45, 7) is 30.7. The van der Waals surface area contributed by atoms with Gasteiger partial charge in [0.25, 0.3) is 0 Å². The fraction of sp³-hybridized carbons (Fsp3) is 0.609. The molecule has 2 aliphatic rings. The van der Waals surface area contributed by atoms with Gasteiger partial charge in [-0.25, -0.2) is 4.79 Å². The molecule has 550 valence electrons. The van der Waals surface area contributed by atoms with Crippen LogP contribution in [0.25, 0.3) is 0 Å². The van der Waals surface area contributed by atoms with E-state index < -0.39 is 69.4 Å². The minimum Gasteiger partial charge on any atom is -0.496 e. The summed E-state index contributed by atoms with van der Waals surface area (Å²) in [7, 11) is 18.6. The van der Waals surface area contributed by atoms with Crippen LogP contribution in [0.1, 0.15) is 157 Å². The first kappa shape index (κ1) is 98.0. The second-order valence-electron chi connectivity index (χ2n) is 24.2. The number of carbonyl (C=O) groups is 5. The highest BCUT2D eigenvalue weighted by Gasteiger charge is 2.50. The highest BCUT2D eigenvalue weighted by atomic mass is 16.6. The molecule has 2 aliphatic heterocycles. The number of amides is 2.